The molecule has 39 heavy (non-hydrogen) atoms. The molecule has 0 fully saturated rings. The molecule has 4 rings (SSSR count). The van der Waals surface area contributed by atoms with Crippen LogP contribution >= 0.6 is 11.6 Å². The first-order chi connectivity index (χ1) is 18.9. The minimum Gasteiger partial charge on any atom is -0.494 e. The Kier molecular flexibility index (Phi) is 9.54. The molecule has 2 aromatic carbocycles. The molecule has 1 aromatic heterocycles. The second-order valence-corrected chi connectivity index (χ2v) is 9.71. The summed E-state index contributed by atoms with van der Waals surface area (Å²) >= 11 is 6.18. The molecule has 0 radical (unpaired) electrons. The monoisotopic (exact) mass is 552 g/mol. The molecule has 2 amide bonds. The van der Waals surface area contributed by atoms with Crippen LogP contribution in [0.1, 0.15) is 67.8 Å². The van der Waals surface area contributed by atoms with E-state index in [1.54, 1.807) is 0 Å². The van der Waals surface area contributed by atoms with Crippen LogP contribution in [0.25, 0.3) is 5.69 Å². The van der Waals surface area contributed by atoms with Crippen LogP contribution in [-0.2, 0) is 4.79 Å². The number of hydrogen-bond acceptors (Lipinski definition) is 6. The van der Waals surface area contributed by atoms with Gasteiger partial charge in [0, 0.05) is 29.2 Å². The van der Waals surface area contributed by atoms with Gasteiger partial charge in [-0.05, 0) is 57.0 Å². The molecule has 0 aliphatic carbocycles. The fourth-order valence-corrected chi connectivity index (χ4v) is 4.68. The number of aryl methyl sites for hydroxylation is 1. The highest BCUT2D eigenvalue weighted by Crippen LogP contribution is 2.34. The van der Waals surface area contributed by atoms with Crippen molar-refractivity contribution in [3.8, 4) is 11.4 Å². The minimum absolute atomic E-state index is 0.109. The van der Waals surface area contributed by atoms with Crippen LogP contribution in [0.3, 0.4) is 0 Å². The number of halogens is 1. The third-order valence-corrected chi connectivity index (χ3v) is 6.64. The van der Waals surface area contributed by atoms with Gasteiger partial charge in [-0.25, -0.2) is 4.79 Å². The number of carbonyl (C=O) groups excluding carboxylic acids is 1. The molecule has 3 N–H and O–H groups in total. The van der Waals surface area contributed by atoms with Crippen molar-refractivity contribution in [1.29, 1.82) is 0 Å². The number of carbonyl (C=O) groups is 2. The topological polar surface area (TPSA) is 131 Å². The van der Waals surface area contributed by atoms with Crippen molar-refractivity contribution in [3.05, 3.63) is 70.3 Å². The summed E-state index contributed by atoms with van der Waals surface area (Å²) in [7, 11) is 0. The van der Waals surface area contributed by atoms with Crippen LogP contribution in [0.4, 0.5) is 4.79 Å². The number of ether oxygens (including phenoxy) is 1. The van der Waals surface area contributed by atoms with Gasteiger partial charge in [-0.3, -0.25) is 14.4 Å². The van der Waals surface area contributed by atoms with E-state index in [0.29, 0.717) is 42.1 Å². The average molecular weight is 553 g/mol. The van der Waals surface area contributed by atoms with E-state index >= 15 is 0 Å². The predicted molar refractivity (Wildman–Crippen MR) is 149 cm³/mol. The maximum absolute atomic E-state index is 12.6. The zero-order chi connectivity index (χ0) is 27.8. The molecular formula is C28H33ClN6O4. The first-order valence-corrected chi connectivity index (χ1v) is 13.5. The number of hydrogen-bond donors (Lipinski definition) is 3. The number of nitrogens with zero attached hydrogens (tertiary/aromatic N) is 4. The summed E-state index contributed by atoms with van der Waals surface area (Å²) < 4.78 is 8.05. The second-order valence-electron chi connectivity index (χ2n) is 9.27. The number of aliphatic imine (C=N–C) groups is 1. The lowest BCUT2D eigenvalue weighted by atomic mass is 10.00. The average Bonchev–Trinajstić information content (AvgIpc) is 3.23. The molecule has 0 unspecified atom stereocenters. The Bertz CT molecular complexity index is 1340. The van der Waals surface area contributed by atoms with E-state index in [2.05, 4.69) is 20.8 Å². The first-order valence-electron chi connectivity index (χ1n) is 13.1. The summed E-state index contributed by atoms with van der Waals surface area (Å²) in [5.74, 6) is 1.90. The number of fused-ring (bicyclic) bond motifs is 3. The van der Waals surface area contributed by atoms with Gasteiger partial charge in [0.05, 0.1) is 24.4 Å². The highest BCUT2D eigenvalue weighted by atomic mass is 35.5. The van der Waals surface area contributed by atoms with E-state index in [4.69, 9.17) is 26.4 Å². The number of unbranched alkanes of at least 4 members (excludes halogenated alkanes) is 3. The normalized spacial score (nSPS) is 14.0. The largest absolute Gasteiger partial charge is 0.494 e. The Labute approximate surface area is 232 Å². The molecule has 0 bridgehead atoms. The predicted octanol–water partition coefficient (Wildman–Crippen LogP) is 4.85. The number of nitrogens with one attached hydrogen (secondary N) is 2. The first kappa shape index (κ1) is 28.1. The van der Waals surface area contributed by atoms with Crippen molar-refractivity contribution in [2.45, 2.75) is 52.0 Å². The second kappa shape index (κ2) is 13.2. The van der Waals surface area contributed by atoms with Crippen molar-refractivity contribution in [2.24, 2.45) is 4.99 Å². The van der Waals surface area contributed by atoms with Crippen LogP contribution in [-0.4, -0.2) is 57.3 Å². The number of benzene rings is 2. The molecule has 10 nitrogen and oxygen atoms in total. The van der Waals surface area contributed by atoms with Gasteiger partial charge in [-0.15, -0.1) is 10.2 Å². The van der Waals surface area contributed by atoms with Gasteiger partial charge in [0.1, 0.15) is 17.6 Å². The lowest BCUT2D eigenvalue weighted by Gasteiger charge is -2.15. The Morgan fingerprint density at radius 3 is 2.56 bits per heavy atom. The van der Waals surface area contributed by atoms with E-state index in [1.165, 1.54) is 0 Å². The van der Waals surface area contributed by atoms with Gasteiger partial charge in [-0.1, -0.05) is 36.6 Å². The fraction of sp³-hybridized carbons (Fsp3) is 0.393. The Morgan fingerprint density at radius 1 is 1.05 bits per heavy atom. The SMILES string of the molecule is CCNC(=O)C[C@@H]1N=C(c2ccc(Cl)cc2)c2cc(OCCCCCCNC(=O)O)ccc2-n2c(C)nnc21. The molecular weight excluding hydrogens is 520 g/mol. The fourth-order valence-electron chi connectivity index (χ4n) is 4.55. The number of rotatable bonds is 12. The molecule has 1 atom stereocenters. The molecule has 0 spiro atoms. The number of amides is 2. The smallest absolute Gasteiger partial charge is 0.404 e. The van der Waals surface area contributed by atoms with Gasteiger partial charge < -0.3 is 20.5 Å². The minimum atomic E-state index is -0.993. The maximum Gasteiger partial charge on any atom is 0.404 e. The van der Waals surface area contributed by atoms with E-state index in [0.717, 1.165) is 48.2 Å². The molecule has 2 heterocycles. The van der Waals surface area contributed by atoms with E-state index in [-0.39, 0.29) is 12.3 Å². The Balaban J connectivity index is 1.61. The summed E-state index contributed by atoms with van der Waals surface area (Å²) in [6, 6.07) is 12.8. The molecule has 0 saturated heterocycles. The molecule has 1 aliphatic rings. The number of carboxylic acid groups (broad SMARTS) is 1. The lowest BCUT2D eigenvalue weighted by Crippen LogP contribution is -2.25. The standard InChI is InChI=1S/C28H33ClN6O4/c1-3-30-25(36)17-23-27-34-33-18(2)35(27)24-13-12-21(39-15-7-5-4-6-14-31-28(37)38)16-22(24)26(32-23)19-8-10-20(29)11-9-19/h8-13,16,23,31H,3-7,14-15,17H2,1-2H3,(H,30,36)(H,37,38)/t23-/m0/s1. The lowest BCUT2D eigenvalue weighted by molar-refractivity contribution is -0.121. The van der Waals surface area contributed by atoms with Gasteiger partial charge >= 0.3 is 6.09 Å². The van der Waals surface area contributed by atoms with Crippen molar-refractivity contribution in [1.82, 2.24) is 25.4 Å². The molecule has 1 aliphatic heterocycles. The van der Waals surface area contributed by atoms with Gasteiger partial charge in [0.15, 0.2) is 5.82 Å². The molecule has 206 valence electrons. The zero-order valence-corrected chi connectivity index (χ0v) is 22.9. The van der Waals surface area contributed by atoms with E-state index in [9.17, 15) is 9.59 Å². The van der Waals surface area contributed by atoms with Crippen LogP contribution in [0.2, 0.25) is 5.02 Å². The zero-order valence-electron chi connectivity index (χ0n) is 22.1. The molecule has 0 saturated carbocycles. The van der Waals surface area contributed by atoms with Crippen LogP contribution in [0.15, 0.2) is 47.5 Å². The van der Waals surface area contributed by atoms with Gasteiger partial charge in [0.25, 0.3) is 0 Å². The van der Waals surface area contributed by atoms with Crippen molar-refractivity contribution < 1.29 is 19.4 Å². The summed E-state index contributed by atoms with van der Waals surface area (Å²) in [5, 5.41) is 23.2. The summed E-state index contributed by atoms with van der Waals surface area (Å²) in [4.78, 5) is 28.2. The maximum atomic E-state index is 12.6. The van der Waals surface area contributed by atoms with E-state index in [1.807, 2.05) is 60.9 Å². The number of aromatic nitrogens is 3. The third-order valence-electron chi connectivity index (χ3n) is 6.38. The molecule has 11 heteroatoms. The van der Waals surface area contributed by atoms with Gasteiger partial charge in [-0.2, -0.15) is 0 Å². The van der Waals surface area contributed by atoms with Crippen LogP contribution in [0.5, 0.6) is 5.75 Å². The quantitative estimate of drug-likeness (QED) is 0.275. The highest BCUT2D eigenvalue weighted by molar-refractivity contribution is 6.30. The van der Waals surface area contributed by atoms with Gasteiger partial charge in [0.2, 0.25) is 5.91 Å². The summed E-state index contributed by atoms with van der Waals surface area (Å²) in [6.07, 6.45) is 2.66. The van der Waals surface area contributed by atoms with Crippen LogP contribution in [0, 0.1) is 6.92 Å². The van der Waals surface area contributed by atoms with Crippen molar-refractivity contribution in [3.63, 3.8) is 0 Å². The Hall–Kier alpha value is -3.92. The third kappa shape index (κ3) is 7.14. The summed E-state index contributed by atoms with van der Waals surface area (Å²) in [6.45, 7) is 5.29. The summed E-state index contributed by atoms with van der Waals surface area (Å²) in [5.41, 5.74) is 3.29. The Morgan fingerprint density at radius 2 is 1.82 bits per heavy atom. The van der Waals surface area contributed by atoms with Crippen molar-refractivity contribution in [2.75, 3.05) is 19.7 Å². The molecule has 3 aromatic rings. The van der Waals surface area contributed by atoms with E-state index < -0.39 is 12.1 Å². The highest BCUT2D eigenvalue weighted by Gasteiger charge is 2.30. The van der Waals surface area contributed by atoms with Crippen molar-refractivity contribution >= 4 is 29.3 Å². The van der Waals surface area contributed by atoms with Crippen LogP contribution < -0.4 is 15.4 Å².